The molecule has 1 saturated heterocycles. The summed E-state index contributed by atoms with van der Waals surface area (Å²) in [5, 5.41) is 0. The molecule has 2 fully saturated rings. The van der Waals surface area contributed by atoms with E-state index in [1.54, 1.807) is 30.2 Å². The van der Waals surface area contributed by atoms with Gasteiger partial charge in [0.25, 0.3) is 5.91 Å². The van der Waals surface area contributed by atoms with Crippen molar-refractivity contribution in [1.29, 1.82) is 0 Å². The molecule has 1 atom stereocenters. The number of carbonyl (C=O) groups excluding carboxylic acids is 2. The van der Waals surface area contributed by atoms with Crippen molar-refractivity contribution in [2.45, 2.75) is 50.7 Å². The Balaban J connectivity index is 1.23. The molecule has 2 aromatic rings. The van der Waals surface area contributed by atoms with Crippen LogP contribution in [0, 0.1) is 0 Å². The van der Waals surface area contributed by atoms with Crippen LogP contribution in [0.2, 0.25) is 0 Å². The maximum absolute atomic E-state index is 13.3. The molecular weight excluding hydrogens is 434 g/mol. The van der Waals surface area contributed by atoms with Gasteiger partial charge in [-0.15, -0.1) is 0 Å². The van der Waals surface area contributed by atoms with Gasteiger partial charge in [-0.05, 0) is 56.4 Å². The first kappa shape index (κ1) is 22.7. The van der Waals surface area contributed by atoms with E-state index in [4.69, 9.17) is 18.9 Å². The Morgan fingerprint density at radius 1 is 1.09 bits per heavy atom. The molecule has 2 aliphatic carbocycles. The number of nitrogens with zero attached hydrogens (tertiary/aromatic N) is 1. The molecule has 0 bridgehead atoms. The zero-order chi connectivity index (χ0) is 23.5. The Bertz CT molecular complexity index is 1060. The second-order valence-electron chi connectivity index (χ2n) is 9.15. The van der Waals surface area contributed by atoms with Crippen molar-refractivity contribution in [3.8, 4) is 17.2 Å². The van der Waals surface area contributed by atoms with Gasteiger partial charge >= 0.3 is 0 Å². The summed E-state index contributed by atoms with van der Waals surface area (Å²) >= 11 is 0. The van der Waals surface area contributed by atoms with Gasteiger partial charge in [-0.1, -0.05) is 12.1 Å². The molecular formula is C27H31NO6. The van der Waals surface area contributed by atoms with Gasteiger partial charge in [-0.3, -0.25) is 9.59 Å². The van der Waals surface area contributed by atoms with E-state index in [9.17, 15) is 9.59 Å². The summed E-state index contributed by atoms with van der Waals surface area (Å²) in [7, 11) is 1.61. The smallest absolute Gasteiger partial charge is 0.254 e. The van der Waals surface area contributed by atoms with Crippen LogP contribution in [0.5, 0.6) is 17.2 Å². The average molecular weight is 466 g/mol. The minimum atomic E-state index is -0.238. The van der Waals surface area contributed by atoms with Crippen molar-refractivity contribution in [2.24, 2.45) is 0 Å². The van der Waals surface area contributed by atoms with Crippen molar-refractivity contribution < 1.29 is 28.5 Å². The van der Waals surface area contributed by atoms with E-state index in [0.29, 0.717) is 56.2 Å². The number of methoxy groups -OCH3 is 1. The molecule has 7 heteroatoms. The number of amides is 1. The van der Waals surface area contributed by atoms with Crippen LogP contribution in [-0.2, 0) is 11.2 Å². The molecule has 1 aliphatic heterocycles. The molecule has 3 aliphatic rings. The third kappa shape index (κ3) is 4.75. The number of ether oxygens (including phenoxy) is 4. The predicted molar refractivity (Wildman–Crippen MR) is 126 cm³/mol. The number of hydrogen-bond donors (Lipinski definition) is 0. The highest BCUT2D eigenvalue weighted by molar-refractivity contribution is 6.01. The Hall–Kier alpha value is -3.06. The number of ketones is 1. The quantitative estimate of drug-likeness (QED) is 0.614. The Morgan fingerprint density at radius 3 is 2.76 bits per heavy atom. The number of carbonyl (C=O) groups is 2. The average Bonchev–Trinajstić information content (AvgIpc) is 3.52. The minimum absolute atomic E-state index is 0.0570. The summed E-state index contributed by atoms with van der Waals surface area (Å²) in [6.45, 7) is 1.74. The highest BCUT2D eigenvalue weighted by Gasteiger charge is 2.28. The fraction of sp³-hybridized carbons (Fsp3) is 0.481. The summed E-state index contributed by atoms with van der Waals surface area (Å²) in [6, 6.07) is 11.0. The summed E-state index contributed by atoms with van der Waals surface area (Å²) in [5.74, 6) is 2.12. The van der Waals surface area contributed by atoms with Crippen LogP contribution in [0.25, 0.3) is 0 Å². The van der Waals surface area contributed by atoms with Gasteiger partial charge in [0.15, 0.2) is 17.3 Å². The largest absolute Gasteiger partial charge is 0.493 e. The van der Waals surface area contributed by atoms with E-state index in [1.807, 2.05) is 18.2 Å². The second-order valence-corrected chi connectivity index (χ2v) is 9.15. The molecule has 0 aromatic heterocycles. The van der Waals surface area contributed by atoms with Crippen LogP contribution in [0.3, 0.4) is 0 Å². The lowest BCUT2D eigenvalue weighted by Gasteiger charge is -2.33. The Kier molecular flexibility index (Phi) is 6.72. The number of hydrogen-bond acceptors (Lipinski definition) is 6. The van der Waals surface area contributed by atoms with E-state index < -0.39 is 0 Å². The molecule has 0 radical (unpaired) electrons. The first-order valence-electron chi connectivity index (χ1n) is 12.2. The van der Waals surface area contributed by atoms with E-state index in [-0.39, 0.29) is 23.9 Å². The van der Waals surface area contributed by atoms with Crippen LogP contribution >= 0.6 is 0 Å². The molecule has 7 nitrogen and oxygen atoms in total. The van der Waals surface area contributed by atoms with Crippen molar-refractivity contribution in [3.63, 3.8) is 0 Å². The lowest BCUT2D eigenvalue weighted by molar-refractivity contribution is -0.0402. The van der Waals surface area contributed by atoms with Crippen LogP contribution in [0.1, 0.15) is 58.4 Å². The maximum Gasteiger partial charge on any atom is 0.254 e. The summed E-state index contributed by atoms with van der Waals surface area (Å²) < 4.78 is 23.5. The Labute approximate surface area is 199 Å². The van der Waals surface area contributed by atoms with Gasteiger partial charge < -0.3 is 23.8 Å². The molecule has 1 saturated carbocycles. The van der Waals surface area contributed by atoms with Gasteiger partial charge in [0.05, 0.1) is 26.4 Å². The zero-order valence-electron chi connectivity index (χ0n) is 19.6. The summed E-state index contributed by atoms with van der Waals surface area (Å²) in [4.78, 5) is 27.1. The fourth-order valence-corrected chi connectivity index (χ4v) is 5.05. The highest BCUT2D eigenvalue weighted by atomic mass is 16.5. The number of fused-ring (bicyclic) bond motifs is 1. The van der Waals surface area contributed by atoms with Gasteiger partial charge in [-0.25, -0.2) is 0 Å². The zero-order valence-corrected chi connectivity index (χ0v) is 19.6. The summed E-state index contributed by atoms with van der Waals surface area (Å²) in [5.41, 5.74) is 2.31. The maximum atomic E-state index is 13.3. The van der Waals surface area contributed by atoms with Crippen LogP contribution in [0.4, 0.5) is 0 Å². The number of Topliss-reactive ketones (excluding diaryl/α,β-unsaturated/α-hetero) is 1. The highest BCUT2D eigenvalue weighted by Crippen LogP contribution is 2.33. The van der Waals surface area contributed by atoms with Gasteiger partial charge in [0.2, 0.25) is 0 Å². The lowest BCUT2D eigenvalue weighted by atomic mass is 10.1. The van der Waals surface area contributed by atoms with Crippen molar-refractivity contribution >= 4 is 11.7 Å². The Morgan fingerprint density at radius 2 is 1.94 bits per heavy atom. The fourth-order valence-electron chi connectivity index (χ4n) is 5.05. The van der Waals surface area contributed by atoms with E-state index >= 15 is 0 Å². The molecule has 0 N–H and O–H groups in total. The SMILES string of the molecule is COc1ccc(C(=O)N2CCOC(COc3cccc4c3CCC4=O)C2)cc1OC1CCCC1. The molecule has 180 valence electrons. The molecule has 1 heterocycles. The molecule has 34 heavy (non-hydrogen) atoms. The third-order valence-corrected chi connectivity index (χ3v) is 6.89. The van der Waals surface area contributed by atoms with Gasteiger partial charge in [-0.2, -0.15) is 0 Å². The third-order valence-electron chi connectivity index (χ3n) is 6.89. The van der Waals surface area contributed by atoms with Crippen molar-refractivity contribution in [2.75, 3.05) is 33.4 Å². The predicted octanol–water partition coefficient (Wildman–Crippen LogP) is 4.07. The topological polar surface area (TPSA) is 74.3 Å². The number of morpholine rings is 1. The molecule has 2 aromatic carbocycles. The van der Waals surface area contributed by atoms with Crippen LogP contribution in [0.15, 0.2) is 36.4 Å². The molecule has 1 unspecified atom stereocenters. The van der Waals surface area contributed by atoms with Crippen molar-refractivity contribution in [3.05, 3.63) is 53.1 Å². The van der Waals surface area contributed by atoms with E-state index in [0.717, 1.165) is 29.7 Å². The van der Waals surface area contributed by atoms with Crippen molar-refractivity contribution in [1.82, 2.24) is 4.90 Å². The molecule has 5 rings (SSSR count). The summed E-state index contributed by atoms with van der Waals surface area (Å²) in [6.07, 6.45) is 5.60. The van der Waals surface area contributed by atoms with E-state index in [2.05, 4.69) is 0 Å². The minimum Gasteiger partial charge on any atom is -0.493 e. The molecule has 1 amide bonds. The normalized spacial score (nSPS) is 20.3. The first-order chi connectivity index (χ1) is 16.6. The first-order valence-corrected chi connectivity index (χ1v) is 12.2. The van der Waals surface area contributed by atoms with E-state index in [1.165, 1.54) is 12.8 Å². The monoisotopic (exact) mass is 465 g/mol. The number of benzene rings is 2. The standard InChI is InChI=1S/C27H31NO6/c1-31-25-12-9-18(15-26(25)34-19-5-2-3-6-19)27(30)28-13-14-32-20(16-28)17-33-24-8-4-7-21-22(24)10-11-23(21)29/h4,7-9,12,15,19-20H,2-3,5-6,10-11,13-14,16-17H2,1H3. The van der Waals surface area contributed by atoms with Crippen LogP contribution < -0.4 is 14.2 Å². The number of rotatable bonds is 7. The van der Waals surface area contributed by atoms with Crippen LogP contribution in [-0.4, -0.2) is 62.2 Å². The van der Waals surface area contributed by atoms with Gasteiger partial charge in [0, 0.05) is 29.7 Å². The van der Waals surface area contributed by atoms with Gasteiger partial charge in [0.1, 0.15) is 18.5 Å². The second kappa shape index (κ2) is 10.1. The lowest BCUT2D eigenvalue weighted by Crippen LogP contribution is -2.47. The molecule has 0 spiro atoms.